The van der Waals surface area contributed by atoms with Crippen LogP contribution in [-0.2, 0) is 14.3 Å². The zero-order valence-corrected chi connectivity index (χ0v) is 6.80. The molecule has 0 N–H and O–H groups in total. The smallest absolute Gasteiger partial charge is 1.00 e. The Morgan fingerprint density at radius 1 is 1.50 bits per heavy atom. The maximum Gasteiger partial charge on any atom is 1.00 e. The van der Waals surface area contributed by atoms with Gasteiger partial charge in [-0.1, -0.05) is 0 Å². The molecule has 0 spiro atoms. The van der Waals surface area contributed by atoms with E-state index in [4.69, 9.17) is 0 Å². The van der Waals surface area contributed by atoms with Crippen molar-refractivity contribution in [3.63, 3.8) is 0 Å². The SMILES string of the molecule is CC(C)(C)C(=O)OC=O.[H-].[Li+]. The summed E-state index contributed by atoms with van der Waals surface area (Å²) in [4.78, 5) is 20.2. The van der Waals surface area contributed by atoms with Crippen molar-refractivity contribution in [1.82, 2.24) is 0 Å². The first-order chi connectivity index (χ1) is 3.98. The van der Waals surface area contributed by atoms with Gasteiger partial charge in [0.15, 0.2) is 0 Å². The van der Waals surface area contributed by atoms with E-state index in [1.807, 2.05) is 0 Å². The minimum absolute atomic E-state index is 0. The second kappa shape index (κ2) is 4.54. The molecule has 0 aromatic rings. The molecule has 0 rings (SSSR count). The number of esters is 1. The van der Waals surface area contributed by atoms with Gasteiger partial charge in [0, 0.05) is 0 Å². The number of carbonyl (C=O) groups is 2. The number of carbonyl (C=O) groups excluding carboxylic acids is 2. The van der Waals surface area contributed by atoms with Gasteiger partial charge in [0.2, 0.25) is 0 Å². The summed E-state index contributed by atoms with van der Waals surface area (Å²) in [7, 11) is 0. The third-order valence-corrected chi connectivity index (χ3v) is 0.768. The van der Waals surface area contributed by atoms with E-state index < -0.39 is 11.4 Å². The van der Waals surface area contributed by atoms with Gasteiger partial charge in [-0.25, -0.2) is 0 Å². The van der Waals surface area contributed by atoms with Gasteiger partial charge in [0.25, 0.3) is 0 Å². The van der Waals surface area contributed by atoms with E-state index in [0.29, 0.717) is 0 Å². The fourth-order valence-electron chi connectivity index (χ4n) is 0.220. The van der Waals surface area contributed by atoms with Crippen LogP contribution < -0.4 is 18.9 Å². The molecule has 0 aliphatic heterocycles. The van der Waals surface area contributed by atoms with E-state index in [0.717, 1.165) is 0 Å². The molecule has 3 nitrogen and oxygen atoms in total. The monoisotopic (exact) mass is 138 g/mol. The Morgan fingerprint density at radius 3 is 2.00 bits per heavy atom. The zero-order valence-electron chi connectivity index (χ0n) is 7.80. The molecule has 0 unspecified atom stereocenters. The largest absolute Gasteiger partial charge is 1.00 e. The molecule has 0 saturated carbocycles. The molecule has 0 amide bonds. The van der Waals surface area contributed by atoms with Gasteiger partial charge in [0.1, 0.15) is 0 Å². The molecule has 10 heavy (non-hydrogen) atoms. The van der Waals surface area contributed by atoms with Crippen molar-refractivity contribution in [2.45, 2.75) is 20.8 Å². The van der Waals surface area contributed by atoms with E-state index in [9.17, 15) is 9.59 Å². The van der Waals surface area contributed by atoms with Gasteiger partial charge in [0.05, 0.1) is 5.41 Å². The summed E-state index contributed by atoms with van der Waals surface area (Å²) >= 11 is 0. The fourth-order valence-corrected chi connectivity index (χ4v) is 0.220. The molecule has 0 aromatic heterocycles. The van der Waals surface area contributed by atoms with E-state index in [1.54, 1.807) is 20.8 Å². The summed E-state index contributed by atoms with van der Waals surface area (Å²) in [5, 5.41) is 0. The molecule has 0 aliphatic rings. The summed E-state index contributed by atoms with van der Waals surface area (Å²) in [6.45, 7) is 5.18. The third kappa shape index (κ3) is 4.60. The predicted octanol–water partition coefficient (Wildman–Crippen LogP) is -2.15. The van der Waals surface area contributed by atoms with Crippen molar-refractivity contribution >= 4 is 12.4 Å². The van der Waals surface area contributed by atoms with Gasteiger partial charge in [-0.15, -0.1) is 0 Å². The summed E-state index contributed by atoms with van der Waals surface area (Å²) < 4.78 is 4.09. The van der Waals surface area contributed by atoms with Crippen LogP contribution in [0.1, 0.15) is 22.2 Å². The Labute approximate surface area is 73.8 Å². The Kier molecular flexibility index (Phi) is 5.63. The van der Waals surface area contributed by atoms with E-state index >= 15 is 0 Å². The predicted molar refractivity (Wildman–Crippen MR) is 32.7 cm³/mol. The molecule has 54 valence electrons. The Balaban J connectivity index is -0.000000320. The molecule has 0 heterocycles. The van der Waals surface area contributed by atoms with Gasteiger partial charge in [-0.3, -0.25) is 9.59 Å². The first-order valence-electron chi connectivity index (χ1n) is 2.63. The minimum atomic E-state index is -0.582. The maximum atomic E-state index is 10.6. The van der Waals surface area contributed by atoms with Crippen molar-refractivity contribution in [3.05, 3.63) is 0 Å². The van der Waals surface area contributed by atoms with Crippen LogP contribution in [0.3, 0.4) is 0 Å². The van der Waals surface area contributed by atoms with Gasteiger partial charge < -0.3 is 6.16 Å². The normalized spacial score (nSPS) is 9.50. The Hall–Kier alpha value is -0.263. The van der Waals surface area contributed by atoms with Crippen LogP contribution in [-0.4, -0.2) is 12.4 Å². The molecule has 0 aromatic carbocycles. The van der Waals surface area contributed by atoms with Crippen LogP contribution in [0.25, 0.3) is 0 Å². The van der Waals surface area contributed by atoms with Crippen molar-refractivity contribution in [1.29, 1.82) is 0 Å². The number of hydrogen-bond acceptors (Lipinski definition) is 3. The topological polar surface area (TPSA) is 43.4 Å². The van der Waals surface area contributed by atoms with Gasteiger partial charge >= 0.3 is 31.3 Å². The average Bonchev–Trinajstić information content (AvgIpc) is 1.64. The van der Waals surface area contributed by atoms with Crippen LogP contribution in [0, 0.1) is 5.41 Å². The van der Waals surface area contributed by atoms with Crippen LogP contribution in [0.15, 0.2) is 0 Å². The molecule has 0 radical (unpaired) electrons. The standard InChI is InChI=1S/C6H10O3.Li.H/c1-6(2,3)5(8)9-4-7;;/h4H,1-3H3;;/q;+1;-1. The molecular formula is C6H11LiO3. The molecule has 0 saturated heterocycles. The van der Waals surface area contributed by atoms with Crippen molar-refractivity contribution in [2.24, 2.45) is 5.41 Å². The third-order valence-electron chi connectivity index (χ3n) is 0.768. The van der Waals surface area contributed by atoms with E-state index in [1.165, 1.54) is 0 Å². The quantitative estimate of drug-likeness (QED) is 0.179. The fraction of sp³-hybridized carbons (Fsp3) is 0.667. The van der Waals surface area contributed by atoms with Crippen LogP contribution in [0.5, 0.6) is 0 Å². The van der Waals surface area contributed by atoms with E-state index in [2.05, 4.69) is 4.74 Å². The van der Waals surface area contributed by atoms with Crippen LogP contribution >= 0.6 is 0 Å². The molecule has 0 aliphatic carbocycles. The first kappa shape index (κ1) is 12.4. The summed E-state index contributed by atoms with van der Waals surface area (Å²) in [5.74, 6) is -0.502. The molecular weight excluding hydrogens is 127 g/mol. The molecule has 0 fully saturated rings. The second-order valence-electron chi connectivity index (χ2n) is 2.75. The summed E-state index contributed by atoms with van der Waals surface area (Å²) in [6, 6.07) is 0. The minimum Gasteiger partial charge on any atom is -1.00 e. The Morgan fingerprint density at radius 2 is 1.90 bits per heavy atom. The molecule has 0 bridgehead atoms. The van der Waals surface area contributed by atoms with E-state index in [-0.39, 0.29) is 26.8 Å². The number of rotatable bonds is 1. The van der Waals surface area contributed by atoms with Gasteiger partial charge in [-0.05, 0) is 20.8 Å². The second-order valence-corrected chi connectivity index (χ2v) is 2.75. The summed E-state index contributed by atoms with van der Waals surface area (Å²) in [5.41, 5.74) is -0.582. The number of hydrogen-bond donors (Lipinski definition) is 0. The van der Waals surface area contributed by atoms with Crippen molar-refractivity contribution in [3.8, 4) is 0 Å². The van der Waals surface area contributed by atoms with Crippen LogP contribution in [0.4, 0.5) is 0 Å². The Bertz CT molecular complexity index is 130. The number of ether oxygens (including phenoxy) is 1. The van der Waals surface area contributed by atoms with Gasteiger partial charge in [-0.2, -0.15) is 0 Å². The first-order valence-corrected chi connectivity index (χ1v) is 2.63. The van der Waals surface area contributed by atoms with Crippen LogP contribution in [0.2, 0.25) is 0 Å². The molecule has 0 atom stereocenters. The van der Waals surface area contributed by atoms with Crippen molar-refractivity contribution in [2.75, 3.05) is 0 Å². The zero-order chi connectivity index (χ0) is 7.49. The summed E-state index contributed by atoms with van der Waals surface area (Å²) in [6.07, 6.45) is 0. The molecule has 4 heteroatoms. The maximum absolute atomic E-state index is 10.6. The average molecular weight is 138 g/mol. The van der Waals surface area contributed by atoms with Crippen molar-refractivity contribution < 1.29 is 34.6 Å².